The van der Waals surface area contributed by atoms with Gasteiger partial charge in [-0.25, -0.2) is 23.2 Å². The molecule has 0 N–H and O–H groups in total. The molecule has 0 radical (unpaired) electrons. The second-order valence-corrected chi connectivity index (χ2v) is 9.76. The molecule has 3 aliphatic rings. The third-order valence-electron chi connectivity index (χ3n) is 7.02. The van der Waals surface area contributed by atoms with Crippen LogP contribution in [0.5, 0.6) is 5.75 Å². The fraction of sp³-hybridized carbons (Fsp3) is 0.370. The van der Waals surface area contributed by atoms with Crippen LogP contribution in [-0.4, -0.2) is 59.5 Å². The molecule has 0 bridgehead atoms. The Morgan fingerprint density at radius 3 is 2.34 bits per heavy atom. The van der Waals surface area contributed by atoms with Crippen molar-refractivity contribution < 1.29 is 55.4 Å². The van der Waals surface area contributed by atoms with Gasteiger partial charge in [0.1, 0.15) is 23.5 Å². The number of fused-ring (bicyclic) bond motifs is 2. The molecule has 0 aliphatic carbocycles. The number of carbonyl (C=O) groups is 3. The van der Waals surface area contributed by atoms with Crippen molar-refractivity contribution in [1.82, 2.24) is 9.96 Å². The van der Waals surface area contributed by atoms with Crippen LogP contribution >= 0.6 is 0 Å². The Hall–Kier alpha value is -4.20. The minimum Gasteiger partial charge on any atom is -0.485 e. The third kappa shape index (κ3) is 6.26. The molecule has 2 saturated heterocycles. The number of piperidine rings is 1. The van der Waals surface area contributed by atoms with Crippen LogP contribution in [-0.2, 0) is 30.1 Å². The zero-order chi connectivity index (χ0) is 29.4. The number of esters is 1. The maximum atomic E-state index is 13.8. The molecule has 3 heterocycles. The summed E-state index contributed by atoms with van der Waals surface area (Å²) in [7, 11) is 0. The van der Waals surface area contributed by atoms with Crippen molar-refractivity contribution in [3.63, 3.8) is 0 Å². The minimum absolute atomic E-state index is 0.138. The van der Waals surface area contributed by atoms with E-state index in [1.165, 1.54) is 12.1 Å². The highest BCUT2D eigenvalue weighted by atomic mass is 19.4. The summed E-state index contributed by atoms with van der Waals surface area (Å²) >= 11 is 0. The van der Waals surface area contributed by atoms with E-state index < -0.39 is 59.3 Å². The summed E-state index contributed by atoms with van der Waals surface area (Å²) in [4.78, 5) is 43.2. The van der Waals surface area contributed by atoms with Crippen molar-refractivity contribution >= 4 is 18.0 Å². The van der Waals surface area contributed by atoms with E-state index >= 15 is 0 Å². The number of carbonyl (C=O) groups excluding carboxylic acids is 3. The van der Waals surface area contributed by atoms with E-state index in [1.807, 2.05) is 4.90 Å². The standard InChI is InChI=1S/C27H23F5N2O7/c28-18-13-19(29)15-20(14-18)38-21(16-2-1-3-17(12-16)27(30,31)32)6-9-33-10-7-26(8-11-33)24-34(25(37)40-26)41-23(36)5-4-22(35)39-24/h1-5,12-15,21,24H,6-11H2/b5-4+. The highest BCUT2D eigenvalue weighted by Crippen LogP contribution is 2.40. The van der Waals surface area contributed by atoms with Crippen LogP contribution in [0.2, 0.25) is 0 Å². The first-order valence-corrected chi connectivity index (χ1v) is 12.6. The molecular weight excluding hydrogens is 559 g/mol. The summed E-state index contributed by atoms with van der Waals surface area (Å²) in [6, 6.07) is 7.03. The molecule has 2 unspecified atom stereocenters. The fourth-order valence-corrected chi connectivity index (χ4v) is 5.01. The van der Waals surface area contributed by atoms with Crippen LogP contribution < -0.4 is 4.74 Å². The minimum atomic E-state index is -4.61. The predicted molar refractivity (Wildman–Crippen MR) is 128 cm³/mol. The molecule has 2 aromatic carbocycles. The summed E-state index contributed by atoms with van der Waals surface area (Å²) in [5.41, 5.74) is -2.02. The van der Waals surface area contributed by atoms with Crippen molar-refractivity contribution in [3.05, 3.63) is 77.4 Å². The van der Waals surface area contributed by atoms with Gasteiger partial charge in [-0.15, -0.1) is 0 Å². The molecule has 0 aromatic heterocycles. The van der Waals surface area contributed by atoms with Crippen LogP contribution in [0.25, 0.3) is 0 Å². The lowest BCUT2D eigenvalue weighted by Gasteiger charge is -2.40. The lowest BCUT2D eigenvalue weighted by molar-refractivity contribution is -0.222. The van der Waals surface area contributed by atoms with E-state index in [4.69, 9.17) is 19.0 Å². The molecule has 2 atom stereocenters. The molecule has 218 valence electrons. The van der Waals surface area contributed by atoms with Crippen molar-refractivity contribution in [2.75, 3.05) is 19.6 Å². The number of likely N-dealkylation sites (tertiary alicyclic amines) is 1. The van der Waals surface area contributed by atoms with Crippen LogP contribution in [0.3, 0.4) is 0 Å². The van der Waals surface area contributed by atoms with Crippen LogP contribution in [0.1, 0.15) is 36.5 Å². The molecule has 14 heteroatoms. The van der Waals surface area contributed by atoms with Gasteiger partial charge in [-0.1, -0.05) is 17.2 Å². The van der Waals surface area contributed by atoms with Crippen molar-refractivity contribution in [1.29, 1.82) is 0 Å². The van der Waals surface area contributed by atoms with E-state index in [-0.39, 0.29) is 37.1 Å². The maximum Gasteiger partial charge on any atom is 0.447 e. The first kappa shape index (κ1) is 28.3. The molecule has 41 heavy (non-hydrogen) atoms. The number of hydrogen-bond donors (Lipinski definition) is 0. The van der Waals surface area contributed by atoms with Gasteiger partial charge in [0, 0.05) is 69.2 Å². The average Bonchev–Trinajstić information content (AvgIpc) is 3.13. The average molecular weight is 582 g/mol. The summed E-state index contributed by atoms with van der Waals surface area (Å²) < 4.78 is 84.3. The Bertz CT molecular complexity index is 1350. The van der Waals surface area contributed by atoms with Gasteiger partial charge in [-0.2, -0.15) is 13.2 Å². The van der Waals surface area contributed by atoms with E-state index in [0.29, 0.717) is 24.2 Å². The normalized spacial score (nSPS) is 22.2. The number of nitrogens with zero attached hydrogens (tertiary/aromatic N) is 2. The number of rotatable bonds is 6. The Kier molecular flexibility index (Phi) is 7.60. The summed E-state index contributed by atoms with van der Waals surface area (Å²) in [5, 5.41) is 0.592. The molecule has 1 amide bonds. The van der Waals surface area contributed by atoms with Crippen LogP contribution in [0, 0.1) is 11.6 Å². The molecule has 2 aromatic rings. The quantitative estimate of drug-likeness (QED) is 0.358. The van der Waals surface area contributed by atoms with Gasteiger partial charge in [-0.3, -0.25) is 0 Å². The predicted octanol–water partition coefficient (Wildman–Crippen LogP) is 4.68. The number of hydroxylamine groups is 2. The lowest BCUT2D eigenvalue weighted by Crippen LogP contribution is -2.54. The number of hydrogen-bond acceptors (Lipinski definition) is 8. The highest BCUT2D eigenvalue weighted by Gasteiger charge is 2.59. The van der Waals surface area contributed by atoms with Gasteiger partial charge in [0.15, 0.2) is 5.60 Å². The largest absolute Gasteiger partial charge is 0.485 e. The number of alkyl halides is 3. The van der Waals surface area contributed by atoms with Crippen molar-refractivity contribution in [2.45, 2.75) is 43.4 Å². The topological polar surface area (TPSA) is 94.6 Å². The first-order chi connectivity index (χ1) is 19.4. The van der Waals surface area contributed by atoms with Gasteiger partial charge in [-0.05, 0) is 17.7 Å². The molecule has 3 aliphatic heterocycles. The molecule has 2 fully saturated rings. The first-order valence-electron chi connectivity index (χ1n) is 12.6. The van der Waals surface area contributed by atoms with Gasteiger partial charge in [0.2, 0.25) is 0 Å². The number of ether oxygens (including phenoxy) is 3. The summed E-state index contributed by atoms with van der Waals surface area (Å²) in [6.07, 6.45) is -5.69. The molecular formula is C27H23F5N2O7. The fourth-order valence-electron chi connectivity index (χ4n) is 5.01. The third-order valence-corrected chi connectivity index (χ3v) is 7.02. The zero-order valence-corrected chi connectivity index (χ0v) is 21.2. The summed E-state index contributed by atoms with van der Waals surface area (Å²) in [6.45, 7) is 0.903. The van der Waals surface area contributed by atoms with Crippen LogP contribution in [0.4, 0.5) is 26.7 Å². The Morgan fingerprint density at radius 1 is 0.976 bits per heavy atom. The van der Waals surface area contributed by atoms with E-state index in [0.717, 1.165) is 36.4 Å². The van der Waals surface area contributed by atoms with E-state index in [9.17, 15) is 36.3 Å². The zero-order valence-electron chi connectivity index (χ0n) is 21.2. The van der Waals surface area contributed by atoms with Gasteiger partial charge in [0.05, 0.1) is 5.56 Å². The number of benzene rings is 2. The Morgan fingerprint density at radius 2 is 1.66 bits per heavy atom. The van der Waals surface area contributed by atoms with E-state index in [1.54, 1.807) is 0 Å². The Labute approximate surface area is 229 Å². The molecule has 9 nitrogen and oxygen atoms in total. The highest BCUT2D eigenvalue weighted by molar-refractivity contribution is 5.93. The van der Waals surface area contributed by atoms with Gasteiger partial charge < -0.3 is 23.9 Å². The second-order valence-electron chi connectivity index (χ2n) is 9.76. The molecule has 5 rings (SSSR count). The Balaban J connectivity index is 1.30. The molecule has 0 saturated carbocycles. The lowest BCUT2D eigenvalue weighted by atomic mass is 9.89. The monoisotopic (exact) mass is 582 g/mol. The van der Waals surface area contributed by atoms with Crippen LogP contribution in [0.15, 0.2) is 54.6 Å². The van der Waals surface area contributed by atoms with E-state index in [2.05, 4.69) is 0 Å². The smallest absolute Gasteiger partial charge is 0.447 e. The summed E-state index contributed by atoms with van der Waals surface area (Å²) in [5.74, 6) is -3.79. The second kappa shape index (κ2) is 11.0. The SMILES string of the molecule is O=C1/C=C/C(=O)ON2C(=O)OC3(CCN(CCC(Oc4cc(F)cc(F)c4)c4cccc(C(F)(F)F)c4)CC3)C2O1. The molecule has 1 spiro atoms. The van der Waals surface area contributed by atoms with Gasteiger partial charge >= 0.3 is 24.2 Å². The van der Waals surface area contributed by atoms with Crippen molar-refractivity contribution in [3.8, 4) is 5.75 Å². The maximum absolute atomic E-state index is 13.8. The number of halogens is 5. The van der Waals surface area contributed by atoms with Gasteiger partial charge in [0.25, 0.3) is 6.23 Å². The number of amides is 1. The van der Waals surface area contributed by atoms with Crippen molar-refractivity contribution in [2.24, 2.45) is 0 Å².